The third-order valence-electron chi connectivity index (χ3n) is 5.63. The Morgan fingerprint density at radius 1 is 0.750 bits per heavy atom. The molecule has 0 amide bonds. The summed E-state index contributed by atoms with van der Waals surface area (Å²) in [5.41, 5.74) is 2.87. The van der Waals surface area contributed by atoms with Crippen LogP contribution in [0.25, 0.3) is 0 Å². The highest BCUT2D eigenvalue weighted by Gasteiger charge is 2.46. The van der Waals surface area contributed by atoms with Gasteiger partial charge in [0.1, 0.15) is 22.8 Å². The molecule has 0 aliphatic heterocycles. The topological polar surface area (TPSA) is 78.9 Å². The number of hydrogen-bond donors (Lipinski definition) is 0. The number of ketones is 2. The van der Waals surface area contributed by atoms with Gasteiger partial charge in [-0.3, -0.25) is 14.2 Å². The van der Waals surface area contributed by atoms with Crippen molar-refractivity contribution in [2.45, 2.75) is 52.1 Å². The van der Waals surface area contributed by atoms with Crippen LogP contribution in [-0.2, 0) is 9.98 Å². The number of hydrogen-bond acceptors (Lipinski definition) is 6. The second kappa shape index (κ2) is 9.41. The molecule has 7 heteroatoms. The fourth-order valence-corrected chi connectivity index (χ4v) is 4.05. The van der Waals surface area contributed by atoms with Gasteiger partial charge in [0.15, 0.2) is 25.2 Å². The number of carbonyl (C=O) groups excluding carboxylic acids is 2. The van der Waals surface area contributed by atoms with Gasteiger partial charge < -0.3 is 14.2 Å². The third-order valence-corrected chi connectivity index (χ3v) is 6.41. The molecule has 0 radical (unpaired) electrons. The van der Waals surface area contributed by atoms with Crippen LogP contribution in [0.4, 0.5) is 0 Å². The van der Waals surface area contributed by atoms with Crippen LogP contribution in [0.2, 0.25) is 0 Å². The molecule has 0 bridgehead atoms. The van der Waals surface area contributed by atoms with Gasteiger partial charge in [-0.15, -0.1) is 0 Å². The van der Waals surface area contributed by atoms with Crippen molar-refractivity contribution in [2.24, 2.45) is 0 Å². The Bertz CT molecular complexity index is 1020. The molecule has 0 N–H and O–H groups in total. The van der Waals surface area contributed by atoms with E-state index in [9.17, 15) is 14.2 Å². The Morgan fingerprint density at radius 2 is 1.19 bits per heavy atom. The highest BCUT2D eigenvalue weighted by Crippen LogP contribution is 2.41. The maximum absolute atomic E-state index is 13.7. The number of ether oxygens (including phenoxy) is 3. The molecule has 32 heavy (non-hydrogen) atoms. The Balaban J connectivity index is 2.69. The lowest BCUT2D eigenvalue weighted by Gasteiger charge is -2.26. The molecule has 0 aromatic heterocycles. The molecule has 0 aliphatic rings. The predicted octanol–water partition coefficient (Wildman–Crippen LogP) is 5.74. The summed E-state index contributed by atoms with van der Waals surface area (Å²) in [5.74, 6) is -0.410. The van der Waals surface area contributed by atoms with Crippen LogP contribution in [-0.4, -0.2) is 38.1 Å². The van der Waals surface area contributed by atoms with Crippen molar-refractivity contribution >= 4 is 20.0 Å². The zero-order valence-corrected chi connectivity index (χ0v) is 21.1. The van der Waals surface area contributed by atoms with E-state index in [-0.39, 0.29) is 22.5 Å². The van der Waals surface area contributed by atoms with Gasteiger partial charge in [-0.2, -0.15) is 0 Å². The number of benzene rings is 2. The molecule has 0 aliphatic carbocycles. The van der Waals surface area contributed by atoms with Gasteiger partial charge in [0.25, 0.3) is 0 Å². The first-order valence-corrected chi connectivity index (χ1v) is 11.0. The number of aryl methyl sites for hydroxylation is 2. The summed E-state index contributed by atoms with van der Waals surface area (Å²) in [6.07, 6.45) is 0. The number of carbonyl (C=O) groups is 2. The van der Waals surface area contributed by atoms with Crippen LogP contribution in [0.1, 0.15) is 65.1 Å². The number of rotatable bonds is 8. The first-order chi connectivity index (χ1) is 14.8. The molecular weight excluding hydrogens is 427 g/mol. The monoisotopic (exact) mass is 458 g/mol. The van der Waals surface area contributed by atoms with E-state index in [2.05, 4.69) is 20.8 Å². The largest absolute Gasteiger partial charge is 0.496 e. The van der Waals surface area contributed by atoms with E-state index in [4.69, 9.17) is 14.2 Å². The molecular formula is C25H31O6P. The van der Waals surface area contributed by atoms with Gasteiger partial charge >= 0.3 is 0 Å². The molecule has 0 saturated carbocycles. The van der Waals surface area contributed by atoms with Crippen molar-refractivity contribution < 1.29 is 28.4 Å². The van der Waals surface area contributed by atoms with E-state index in [1.807, 2.05) is 26.0 Å². The predicted molar refractivity (Wildman–Crippen MR) is 125 cm³/mol. The molecule has 1 atom stereocenters. The van der Waals surface area contributed by atoms with Crippen LogP contribution in [0.5, 0.6) is 17.2 Å². The molecule has 2 aromatic rings. The third kappa shape index (κ3) is 4.56. The lowest BCUT2D eigenvalue weighted by atomic mass is 9.81. The minimum absolute atomic E-state index is 0.0385. The molecule has 0 saturated heterocycles. The minimum atomic E-state index is -1.87. The van der Waals surface area contributed by atoms with Crippen molar-refractivity contribution in [3.63, 3.8) is 0 Å². The zero-order chi connectivity index (χ0) is 24.4. The average Bonchev–Trinajstić information content (AvgIpc) is 2.75. The van der Waals surface area contributed by atoms with Gasteiger partial charge in [0, 0.05) is 17.7 Å². The van der Waals surface area contributed by atoms with Gasteiger partial charge in [-0.1, -0.05) is 32.9 Å². The summed E-state index contributed by atoms with van der Waals surface area (Å²) in [5, 5.41) is -1.87. The number of methoxy groups -OCH3 is 3. The summed E-state index contributed by atoms with van der Waals surface area (Å²) < 4.78 is 28.4. The minimum Gasteiger partial charge on any atom is -0.496 e. The highest BCUT2D eigenvalue weighted by molar-refractivity contribution is 7.30. The Labute approximate surface area is 191 Å². The van der Waals surface area contributed by atoms with Gasteiger partial charge in [-0.05, 0) is 42.9 Å². The lowest BCUT2D eigenvalue weighted by molar-refractivity contribution is 0.0840. The Kier molecular flexibility index (Phi) is 7.51. The van der Waals surface area contributed by atoms with Gasteiger partial charge in [0.2, 0.25) is 0 Å². The van der Waals surface area contributed by atoms with E-state index in [0.29, 0.717) is 11.3 Å². The average molecular weight is 458 g/mol. The van der Waals surface area contributed by atoms with Crippen LogP contribution in [0.15, 0.2) is 24.3 Å². The molecule has 172 valence electrons. The summed E-state index contributed by atoms with van der Waals surface area (Å²) in [7, 11) is 3.66. The second-order valence-electron chi connectivity index (χ2n) is 8.96. The van der Waals surface area contributed by atoms with Crippen molar-refractivity contribution in [1.29, 1.82) is 0 Å². The van der Waals surface area contributed by atoms with E-state index in [0.717, 1.165) is 16.7 Å². The number of Topliss-reactive ketones (excluding diaryl/α,β-unsaturated/α-hetero) is 2. The molecule has 6 nitrogen and oxygen atoms in total. The molecule has 2 aromatic carbocycles. The molecule has 0 fully saturated rings. The normalized spacial score (nSPS) is 13.4. The van der Waals surface area contributed by atoms with E-state index in [1.165, 1.54) is 40.4 Å². The summed E-state index contributed by atoms with van der Waals surface area (Å²) >= 11 is 0. The zero-order valence-electron chi connectivity index (χ0n) is 20.2. The van der Waals surface area contributed by atoms with Crippen LogP contribution < -0.4 is 14.2 Å². The first kappa shape index (κ1) is 25.5. The second-order valence-corrected chi connectivity index (χ2v) is 10.0. The highest BCUT2D eigenvalue weighted by atomic mass is 31.1. The van der Waals surface area contributed by atoms with Crippen molar-refractivity contribution in [1.82, 2.24) is 0 Å². The maximum atomic E-state index is 13.7. The van der Waals surface area contributed by atoms with Crippen LogP contribution >= 0.6 is 8.46 Å². The molecule has 1 unspecified atom stereocenters. The molecule has 0 heterocycles. The lowest BCUT2D eigenvalue weighted by Crippen LogP contribution is -2.39. The Morgan fingerprint density at radius 3 is 1.53 bits per heavy atom. The molecule has 0 spiro atoms. The van der Waals surface area contributed by atoms with Crippen LogP contribution in [0, 0.1) is 13.8 Å². The van der Waals surface area contributed by atoms with Crippen molar-refractivity contribution in [3.8, 4) is 17.2 Å². The Hall–Kier alpha value is -2.72. The van der Waals surface area contributed by atoms with Gasteiger partial charge in [0.05, 0.1) is 21.3 Å². The standard InChI is InChI=1S/C25H31O6P/c1-14-10-16(24(3,4)5)11-15(2)20(14)22(26)25(6,32-28)23(27)21-18(30-8)12-17(29-7)13-19(21)31-9/h10-13H,1-9H3. The quantitative estimate of drug-likeness (QED) is 0.285. The maximum Gasteiger partial charge on any atom is 0.195 e. The SMILES string of the molecule is COc1cc(OC)c(C(=O)C(C)(P=O)C(=O)c2c(C)cc(C(C)(C)C)cc2C)c(OC)c1. The fourth-order valence-electron chi connectivity index (χ4n) is 3.66. The summed E-state index contributed by atoms with van der Waals surface area (Å²) in [4.78, 5) is 27.4. The van der Waals surface area contributed by atoms with Gasteiger partial charge in [-0.25, -0.2) is 0 Å². The summed E-state index contributed by atoms with van der Waals surface area (Å²) in [6, 6.07) is 6.94. The fraction of sp³-hybridized carbons (Fsp3) is 0.440. The van der Waals surface area contributed by atoms with E-state index in [1.54, 1.807) is 0 Å². The van der Waals surface area contributed by atoms with Crippen LogP contribution in [0.3, 0.4) is 0 Å². The van der Waals surface area contributed by atoms with E-state index >= 15 is 0 Å². The first-order valence-electron chi connectivity index (χ1n) is 10.2. The smallest absolute Gasteiger partial charge is 0.195 e. The summed E-state index contributed by atoms with van der Waals surface area (Å²) in [6.45, 7) is 11.3. The molecule has 2 rings (SSSR count). The van der Waals surface area contributed by atoms with Crippen molar-refractivity contribution in [2.75, 3.05) is 21.3 Å². The van der Waals surface area contributed by atoms with E-state index < -0.39 is 25.2 Å². The van der Waals surface area contributed by atoms with Crippen molar-refractivity contribution in [3.05, 3.63) is 52.1 Å².